The maximum absolute atomic E-state index is 8.89. The summed E-state index contributed by atoms with van der Waals surface area (Å²) in [5.41, 5.74) is 9.81. The van der Waals surface area contributed by atoms with Gasteiger partial charge in [0.05, 0.1) is 0 Å². The van der Waals surface area contributed by atoms with Crippen LogP contribution in [0.15, 0.2) is 0 Å². The van der Waals surface area contributed by atoms with Gasteiger partial charge in [0, 0.05) is 19.1 Å². The van der Waals surface area contributed by atoms with E-state index in [0.717, 1.165) is 6.92 Å². The van der Waals surface area contributed by atoms with Crippen LogP contribution in [0.3, 0.4) is 0 Å². The number of hydrogen-bond acceptors (Lipinski definition) is 4. The number of rotatable bonds is 1. The average Bonchev–Trinajstić information content (AvgIpc) is 1.65. The van der Waals surface area contributed by atoms with Gasteiger partial charge in [-0.25, -0.2) is 0 Å². The first-order valence-electron chi connectivity index (χ1n) is 2.22. The third-order valence-electron chi connectivity index (χ3n) is 0.167. The molecular weight excluding hydrogens is 167 g/mol. The molecule has 0 radical (unpaired) electrons. The van der Waals surface area contributed by atoms with Gasteiger partial charge in [0.25, 0.3) is 0 Å². The van der Waals surface area contributed by atoms with Crippen LogP contribution in [0.2, 0.25) is 0 Å². The van der Waals surface area contributed by atoms with Gasteiger partial charge in [0.15, 0.2) is 0 Å². The topological polar surface area (TPSA) is 92.2 Å². The van der Waals surface area contributed by atoms with Gasteiger partial charge in [-0.1, -0.05) is 0 Å². The first-order valence-corrected chi connectivity index (χ1v) is 2.22. The van der Waals surface area contributed by atoms with Crippen molar-refractivity contribution in [3.8, 4) is 0 Å². The molecule has 0 heterocycles. The second-order valence-electron chi connectivity index (χ2n) is 1.07. The number of carbonyl (C=O) groups excluding carboxylic acids is 1. The first kappa shape index (κ1) is 15.9. The third kappa shape index (κ3) is 350. The Morgan fingerprint density at radius 3 is 1.56 bits per heavy atom. The van der Waals surface area contributed by atoms with Crippen LogP contribution in [0.25, 0.3) is 0 Å². The Hall–Kier alpha value is -0.116. The van der Waals surface area contributed by atoms with Crippen molar-refractivity contribution in [1.29, 1.82) is 0 Å². The quantitative estimate of drug-likeness (QED) is 0.440. The van der Waals surface area contributed by atoms with Crippen LogP contribution in [0, 0.1) is 0 Å². The molecule has 0 aromatic carbocycles. The van der Waals surface area contributed by atoms with Gasteiger partial charge in [-0.05, 0) is 6.92 Å². The number of carbonyl (C=O) groups is 1. The summed E-state index contributed by atoms with van der Waals surface area (Å²) in [6.45, 7) is 2.17. The predicted octanol–water partition coefficient (Wildman–Crippen LogP) is -2.34. The van der Waals surface area contributed by atoms with E-state index in [1.54, 1.807) is 0 Å². The van der Waals surface area contributed by atoms with Gasteiger partial charge in [0.1, 0.15) is 0 Å². The average molecular weight is 178 g/mol. The molecule has 0 rings (SSSR count). The predicted molar refractivity (Wildman–Crippen MR) is 28.8 cm³/mol. The van der Waals surface area contributed by atoms with E-state index in [1.807, 2.05) is 0 Å². The molecule has 0 spiro atoms. The normalized spacial score (nSPS) is 6.11. The molecule has 0 fully saturated rings. The maximum atomic E-state index is 8.89. The van der Waals surface area contributed by atoms with E-state index in [2.05, 4.69) is 0 Å². The van der Waals surface area contributed by atoms with Crippen molar-refractivity contribution >= 4 is 5.97 Å². The monoisotopic (exact) mass is 177 g/mol. The molecule has 0 aromatic heterocycles. The van der Waals surface area contributed by atoms with Crippen LogP contribution >= 0.6 is 0 Å². The fourth-order valence-electron chi connectivity index (χ4n) is 0. The van der Waals surface area contributed by atoms with Crippen molar-refractivity contribution in [3.05, 3.63) is 0 Å². The smallest absolute Gasteiger partial charge is 0.550 e. The summed E-state index contributed by atoms with van der Waals surface area (Å²) in [6.07, 6.45) is 0. The van der Waals surface area contributed by atoms with E-state index in [0.29, 0.717) is 13.1 Å². The van der Waals surface area contributed by atoms with E-state index in [-0.39, 0.29) is 16.5 Å². The van der Waals surface area contributed by atoms with Crippen molar-refractivity contribution in [2.75, 3.05) is 13.1 Å². The number of aliphatic carboxylic acids is 1. The zero-order valence-corrected chi connectivity index (χ0v) is 6.19. The largest absolute Gasteiger partial charge is 2.00 e. The molecule has 0 aromatic rings. The van der Waals surface area contributed by atoms with Crippen LogP contribution in [0.5, 0.6) is 0 Å². The standard InChI is InChI=1S/C2H8N2.C2H4O2.Ni/c3-1-2-4;1-2(3)4;/h1-4H2;1H3,(H,3,4);/q;;+2/p-1. The Kier molecular flexibility index (Phi) is 27.8. The first-order chi connectivity index (χ1) is 3.65. The van der Waals surface area contributed by atoms with Gasteiger partial charge in [-0.15, -0.1) is 0 Å². The molecule has 9 heavy (non-hydrogen) atoms. The second-order valence-corrected chi connectivity index (χ2v) is 1.07. The third-order valence-corrected chi connectivity index (χ3v) is 0.167. The molecule has 0 atom stereocenters. The van der Waals surface area contributed by atoms with E-state index >= 15 is 0 Å². The SMILES string of the molecule is CC(=O)[O-].NCCN.[Ni+2]. The van der Waals surface area contributed by atoms with Crippen molar-refractivity contribution in [3.63, 3.8) is 0 Å². The van der Waals surface area contributed by atoms with Crippen molar-refractivity contribution < 1.29 is 26.4 Å². The molecule has 58 valence electrons. The van der Waals surface area contributed by atoms with E-state index < -0.39 is 5.97 Å². The van der Waals surface area contributed by atoms with Crippen LogP contribution in [0.4, 0.5) is 0 Å². The Morgan fingerprint density at radius 2 is 1.56 bits per heavy atom. The maximum Gasteiger partial charge on any atom is 2.00 e. The van der Waals surface area contributed by atoms with Gasteiger partial charge < -0.3 is 21.4 Å². The number of carboxylic acid groups (broad SMARTS) is 1. The molecule has 0 unspecified atom stereocenters. The van der Waals surface area contributed by atoms with Crippen molar-refractivity contribution in [1.82, 2.24) is 0 Å². The van der Waals surface area contributed by atoms with Gasteiger partial charge >= 0.3 is 16.5 Å². The van der Waals surface area contributed by atoms with Crippen LogP contribution in [-0.2, 0) is 21.3 Å². The molecule has 0 aliphatic heterocycles. The Bertz CT molecular complexity index is 54.5. The fourth-order valence-corrected chi connectivity index (χ4v) is 0. The Balaban J connectivity index is -0.0000000720. The summed E-state index contributed by atoms with van der Waals surface area (Å²) < 4.78 is 0. The second kappa shape index (κ2) is 15.7. The summed E-state index contributed by atoms with van der Waals surface area (Å²) in [5, 5.41) is 8.89. The van der Waals surface area contributed by atoms with E-state index in [1.165, 1.54) is 0 Å². The van der Waals surface area contributed by atoms with Crippen LogP contribution in [0.1, 0.15) is 6.92 Å². The molecule has 4 nitrogen and oxygen atoms in total. The summed E-state index contributed by atoms with van der Waals surface area (Å²) in [6, 6.07) is 0. The van der Waals surface area contributed by atoms with E-state index in [4.69, 9.17) is 21.4 Å². The Morgan fingerprint density at radius 1 is 1.44 bits per heavy atom. The van der Waals surface area contributed by atoms with Gasteiger partial charge in [-0.2, -0.15) is 0 Å². The minimum atomic E-state index is -1.08. The van der Waals surface area contributed by atoms with Crippen molar-refractivity contribution in [2.24, 2.45) is 11.5 Å². The molecule has 0 amide bonds. The molecule has 0 saturated heterocycles. The van der Waals surface area contributed by atoms with Crippen molar-refractivity contribution in [2.45, 2.75) is 6.92 Å². The minimum absolute atomic E-state index is 0. The molecule has 0 saturated carbocycles. The molecule has 0 aliphatic carbocycles. The molecule has 0 bridgehead atoms. The zero-order chi connectivity index (χ0) is 6.99. The Labute approximate surface area is 64.5 Å². The van der Waals surface area contributed by atoms with E-state index in [9.17, 15) is 0 Å². The number of nitrogens with two attached hydrogens (primary N) is 2. The van der Waals surface area contributed by atoms with Crippen LogP contribution < -0.4 is 16.6 Å². The summed E-state index contributed by atoms with van der Waals surface area (Å²) in [5.74, 6) is -1.08. The van der Waals surface area contributed by atoms with Gasteiger partial charge in [0.2, 0.25) is 0 Å². The summed E-state index contributed by atoms with van der Waals surface area (Å²) in [7, 11) is 0. The fraction of sp³-hybridized carbons (Fsp3) is 0.750. The summed E-state index contributed by atoms with van der Waals surface area (Å²) in [4.78, 5) is 8.89. The summed E-state index contributed by atoms with van der Waals surface area (Å²) >= 11 is 0. The van der Waals surface area contributed by atoms with Gasteiger partial charge in [-0.3, -0.25) is 0 Å². The molecular formula is C4H11N2NiO2+. The molecule has 4 N–H and O–H groups in total. The molecule has 0 aliphatic rings. The minimum Gasteiger partial charge on any atom is -0.550 e. The molecule has 5 heteroatoms. The number of hydrogen-bond donors (Lipinski definition) is 2. The van der Waals surface area contributed by atoms with Crippen LogP contribution in [-0.4, -0.2) is 19.1 Å². The number of carboxylic acids is 1. The zero-order valence-electron chi connectivity index (χ0n) is 5.20.